The zero-order valence-electron chi connectivity index (χ0n) is 9.44. The van der Waals surface area contributed by atoms with Crippen LogP contribution in [0.3, 0.4) is 0 Å². The third-order valence-corrected chi connectivity index (χ3v) is 5.06. The topological polar surface area (TPSA) is 49.4 Å². The number of rotatable bonds is 1. The lowest BCUT2D eigenvalue weighted by molar-refractivity contribution is 0.134. The number of nitrogens with one attached hydrogen (secondary N) is 1. The highest BCUT2D eigenvalue weighted by Gasteiger charge is 2.34. The monoisotopic (exact) mass is 232 g/mol. The van der Waals surface area contributed by atoms with Gasteiger partial charge in [0.15, 0.2) is 9.84 Å². The summed E-state index contributed by atoms with van der Waals surface area (Å²) >= 11 is 0. The van der Waals surface area contributed by atoms with E-state index in [1.807, 2.05) is 0 Å². The van der Waals surface area contributed by atoms with Crippen molar-refractivity contribution in [1.29, 1.82) is 0 Å². The van der Waals surface area contributed by atoms with Gasteiger partial charge in [0.2, 0.25) is 0 Å². The molecule has 2 aliphatic rings. The van der Waals surface area contributed by atoms with Gasteiger partial charge >= 0.3 is 0 Å². The van der Waals surface area contributed by atoms with Gasteiger partial charge in [-0.3, -0.25) is 4.90 Å². The maximum atomic E-state index is 11.4. The van der Waals surface area contributed by atoms with Crippen LogP contribution >= 0.6 is 0 Å². The molecule has 5 heteroatoms. The van der Waals surface area contributed by atoms with Crippen molar-refractivity contribution < 1.29 is 8.42 Å². The van der Waals surface area contributed by atoms with E-state index in [1.165, 1.54) is 0 Å². The smallest absolute Gasteiger partial charge is 0.151 e. The second-order valence-electron chi connectivity index (χ2n) is 4.98. The van der Waals surface area contributed by atoms with Crippen LogP contribution < -0.4 is 5.32 Å². The molecule has 0 amide bonds. The van der Waals surface area contributed by atoms with Crippen molar-refractivity contribution in [2.75, 3.05) is 24.6 Å². The van der Waals surface area contributed by atoms with Crippen molar-refractivity contribution in [3.8, 4) is 0 Å². The molecule has 0 aliphatic carbocycles. The Kier molecular flexibility index (Phi) is 3.05. The molecule has 0 radical (unpaired) electrons. The van der Waals surface area contributed by atoms with Gasteiger partial charge in [-0.1, -0.05) is 0 Å². The molecular weight excluding hydrogens is 212 g/mol. The van der Waals surface area contributed by atoms with Gasteiger partial charge in [0.1, 0.15) is 0 Å². The SMILES string of the molecule is CC1CN(C2CCS(=O)(=O)C2)CC(C)N1. The zero-order valence-corrected chi connectivity index (χ0v) is 10.3. The molecule has 1 N–H and O–H groups in total. The summed E-state index contributed by atoms with van der Waals surface area (Å²) in [6.07, 6.45) is 0.821. The molecule has 2 fully saturated rings. The Balaban J connectivity index is 1.99. The summed E-state index contributed by atoms with van der Waals surface area (Å²) in [7, 11) is -2.74. The third kappa shape index (κ3) is 2.71. The minimum Gasteiger partial charge on any atom is -0.309 e. The highest BCUT2D eigenvalue weighted by Crippen LogP contribution is 2.19. The fourth-order valence-corrected chi connectivity index (χ4v) is 4.49. The van der Waals surface area contributed by atoms with E-state index in [-0.39, 0.29) is 6.04 Å². The Morgan fingerprint density at radius 1 is 1.20 bits per heavy atom. The van der Waals surface area contributed by atoms with Crippen LogP contribution in [0.5, 0.6) is 0 Å². The summed E-state index contributed by atoms with van der Waals surface area (Å²) in [4.78, 5) is 2.34. The Morgan fingerprint density at radius 2 is 1.80 bits per heavy atom. The average Bonchev–Trinajstić information content (AvgIpc) is 2.44. The van der Waals surface area contributed by atoms with Crippen LogP contribution in [-0.4, -0.2) is 56.0 Å². The van der Waals surface area contributed by atoms with E-state index in [0.29, 0.717) is 23.6 Å². The van der Waals surface area contributed by atoms with E-state index in [9.17, 15) is 8.42 Å². The van der Waals surface area contributed by atoms with Gasteiger partial charge in [0.05, 0.1) is 11.5 Å². The molecule has 3 unspecified atom stereocenters. The second kappa shape index (κ2) is 4.03. The number of hydrogen-bond acceptors (Lipinski definition) is 4. The number of hydrogen-bond donors (Lipinski definition) is 1. The predicted molar refractivity (Wildman–Crippen MR) is 60.7 cm³/mol. The summed E-state index contributed by atoms with van der Waals surface area (Å²) in [6.45, 7) is 6.27. The lowest BCUT2D eigenvalue weighted by atomic mass is 10.1. The maximum Gasteiger partial charge on any atom is 0.151 e. The van der Waals surface area contributed by atoms with E-state index in [1.54, 1.807) is 0 Å². The molecule has 0 aromatic rings. The summed E-state index contributed by atoms with van der Waals surface area (Å²) in [5.41, 5.74) is 0. The molecule has 15 heavy (non-hydrogen) atoms. The Labute approximate surface area is 91.9 Å². The fraction of sp³-hybridized carbons (Fsp3) is 1.00. The van der Waals surface area contributed by atoms with E-state index >= 15 is 0 Å². The van der Waals surface area contributed by atoms with Crippen LogP contribution in [0.4, 0.5) is 0 Å². The maximum absolute atomic E-state index is 11.4. The van der Waals surface area contributed by atoms with E-state index in [2.05, 4.69) is 24.1 Å². The first-order valence-electron chi connectivity index (χ1n) is 5.67. The minimum atomic E-state index is -2.74. The standard InChI is InChI=1S/C10H20N2O2S/c1-8-5-12(6-9(2)11-8)10-3-4-15(13,14)7-10/h8-11H,3-7H2,1-2H3. The summed E-state index contributed by atoms with van der Waals surface area (Å²) in [5.74, 6) is 0.747. The first kappa shape index (κ1) is 11.4. The molecule has 0 bridgehead atoms. The summed E-state index contributed by atoms with van der Waals surface area (Å²) in [6, 6.07) is 1.20. The van der Waals surface area contributed by atoms with Crippen LogP contribution in [-0.2, 0) is 9.84 Å². The molecule has 2 heterocycles. The predicted octanol–water partition coefficient (Wildman–Crippen LogP) is -0.144. The quantitative estimate of drug-likeness (QED) is 0.683. The van der Waals surface area contributed by atoms with Gasteiger partial charge in [0.25, 0.3) is 0 Å². The van der Waals surface area contributed by atoms with Crippen LogP contribution in [0.25, 0.3) is 0 Å². The molecule has 2 saturated heterocycles. The molecular formula is C10H20N2O2S. The van der Waals surface area contributed by atoms with Crippen LogP contribution in [0.15, 0.2) is 0 Å². The van der Waals surface area contributed by atoms with Crippen molar-refractivity contribution >= 4 is 9.84 Å². The molecule has 2 rings (SSSR count). The van der Waals surface area contributed by atoms with Crippen LogP contribution in [0.1, 0.15) is 20.3 Å². The van der Waals surface area contributed by atoms with Gasteiger partial charge in [0, 0.05) is 31.2 Å². The molecule has 0 aromatic heterocycles. The molecule has 0 saturated carbocycles. The first-order chi connectivity index (χ1) is 6.96. The van der Waals surface area contributed by atoms with Gasteiger partial charge in [-0.15, -0.1) is 0 Å². The number of nitrogens with zero attached hydrogens (tertiary/aromatic N) is 1. The van der Waals surface area contributed by atoms with E-state index in [0.717, 1.165) is 19.5 Å². The lowest BCUT2D eigenvalue weighted by Gasteiger charge is -2.39. The summed E-state index contributed by atoms with van der Waals surface area (Å²) < 4.78 is 22.8. The highest BCUT2D eigenvalue weighted by atomic mass is 32.2. The average molecular weight is 232 g/mol. The minimum absolute atomic E-state index is 0.266. The Hall–Kier alpha value is -0.130. The van der Waals surface area contributed by atoms with E-state index < -0.39 is 9.84 Å². The van der Waals surface area contributed by atoms with Crippen molar-refractivity contribution in [1.82, 2.24) is 10.2 Å². The Bertz CT molecular complexity index is 318. The van der Waals surface area contributed by atoms with Gasteiger partial charge in [-0.05, 0) is 20.3 Å². The van der Waals surface area contributed by atoms with Crippen molar-refractivity contribution in [2.24, 2.45) is 0 Å². The lowest BCUT2D eigenvalue weighted by Crippen LogP contribution is -2.57. The van der Waals surface area contributed by atoms with Gasteiger partial charge in [-0.2, -0.15) is 0 Å². The first-order valence-corrected chi connectivity index (χ1v) is 7.49. The fourth-order valence-electron chi connectivity index (χ4n) is 2.73. The van der Waals surface area contributed by atoms with Crippen LogP contribution in [0.2, 0.25) is 0 Å². The second-order valence-corrected chi connectivity index (χ2v) is 7.21. The number of piperazine rings is 1. The highest BCUT2D eigenvalue weighted by molar-refractivity contribution is 7.91. The van der Waals surface area contributed by atoms with E-state index in [4.69, 9.17) is 0 Å². The largest absolute Gasteiger partial charge is 0.309 e. The normalized spacial score (nSPS) is 41.9. The zero-order chi connectivity index (χ0) is 11.1. The van der Waals surface area contributed by atoms with Crippen LogP contribution in [0, 0.1) is 0 Å². The van der Waals surface area contributed by atoms with Gasteiger partial charge in [-0.25, -0.2) is 8.42 Å². The summed E-state index contributed by atoms with van der Waals surface area (Å²) in [5, 5.41) is 3.46. The molecule has 88 valence electrons. The van der Waals surface area contributed by atoms with Crippen molar-refractivity contribution in [2.45, 2.75) is 38.4 Å². The molecule has 0 aromatic carbocycles. The van der Waals surface area contributed by atoms with Crippen molar-refractivity contribution in [3.05, 3.63) is 0 Å². The van der Waals surface area contributed by atoms with Gasteiger partial charge < -0.3 is 5.32 Å². The molecule has 2 aliphatic heterocycles. The molecule has 0 spiro atoms. The molecule has 3 atom stereocenters. The Morgan fingerprint density at radius 3 is 2.27 bits per heavy atom. The molecule has 4 nitrogen and oxygen atoms in total. The number of sulfone groups is 1. The van der Waals surface area contributed by atoms with Crippen molar-refractivity contribution in [3.63, 3.8) is 0 Å². The third-order valence-electron chi connectivity index (χ3n) is 3.31.